The van der Waals surface area contributed by atoms with Crippen molar-refractivity contribution in [3.63, 3.8) is 0 Å². The van der Waals surface area contributed by atoms with Crippen LogP contribution in [0.25, 0.3) is 0 Å². The second-order valence-electron chi connectivity index (χ2n) is 6.72. The van der Waals surface area contributed by atoms with Gasteiger partial charge in [0.2, 0.25) is 0 Å². The second-order valence-corrected chi connectivity index (χ2v) is 7.13. The fourth-order valence-electron chi connectivity index (χ4n) is 2.91. The van der Waals surface area contributed by atoms with Crippen LogP contribution < -0.4 is 20.7 Å². The molecule has 1 atom stereocenters. The molecule has 0 aromatic heterocycles. The number of thiocarbonyl (C=S) groups is 1. The van der Waals surface area contributed by atoms with Crippen LogP contribution in [-0.2, 0) is 0 Å². The molecule has 0 saturated heterocycles. The summed E-state index contributed by atoms with van der Waals surface area (Å²) in [6, 6.07) is 16.7. The maximum atomic E-state index is 13.8. The molecule has 0 heterocycles. The lowest BCUT2D eigenvalue weighted by Crippen LogP contribution is -2.31. The van der Waals surface area contributed by atoms with E-state index in [1.54, 1.807) is 36.4 Å². The average molecular weight is 442 g/mol. The lowest BCUT2D eigenvalue weighted by Gasteiger charge is -2.19. The van der Waals surface area contributed by atoms with E-state index in [1.807, 2.05) is 6.92 Å². The van der Waals surface area contributed by atoms with Crippen LogP contribution in [-0.4, -0.2) is 18.1 Å². The summed E-state index contributed by atoms with van der Waals surface area (Å²) in [5, 5.41) is 9.16. The highest BCUT2D eigenvalue weighted by Gasteiger charge is 2.14. The number of hydrogen-bond donors (Lipinski definition) is 3. The normalized spacial score (nSPS) is 11.4. The van der Waals surface area contributed by atoms with Gasteiger partial charge in [0, 0.05) is 11.8 Å². The molecular formula is C23H21F2N3O2S. The Bertz CT molecular complexity index is 1090. The van der Waals surface area contributed by atoms with E-state index in [4.69, 9.17) is 17.0 Å². The smallest absolute Gasteiger partial charge is 0.258 e. The molecule has 3 N–H and O–H groups in total. The minimum absolute atomic E-state index is 0.0520. The molecule has 0 aliphatic carbocycles. The predicted molar refractivity (Wildman–Crippen MR) is 122 cm³/mol. The second kappa shape index (κ2) is 9.99. The van der Waals surface area contributed by atoms with Gasteiger partial charge in [-0.15, -0.1) is 0 Å². The molecule has 0 radical (unpaired) electrons. The monoisotopic (exact) mass is 441 g/mol. The zero-order valence-electron chi connectivity index (χ0n) is 16.9. The molecule has 0 bridgehead atoms. The fraction of sp³-hybridized carbons (Fsp3) is 0.130. The zero-order valence-corrected chi connectivity index (χ0v) is 17.7. The largest absolute Gasteiger partial charge is 0.494 e. The van der Waals surface area contributed by atoms with Crippen LogP contribution in [0.2, 0.25) is 0 Å². The Hall–Kier alpha value is -3.52. The molecule has 0 fully saturated rings. The minimum atomic E-state index is -0.600. The van der Waals surface area contributed by atoms with E-state index in [2.05, 4.69) is 16.0 Å². The highest BCUT2D eigenvalue weighted by atomic mass is 32.1. The van der Waals surface area contributed by atoms with Crippen molar-refractivity contribution in [1.82, 2.24) is 5.32 Å². The van der Waals surface area contributed by atoms with Gasteiger partial charge in [0.15, 0.2) is 5.11 Å². The molecule has 0 saturated carbocycles. The van der Waals surface area contributed by atoms with Crippen molar-refractivity contribution >= 4 is 34.6 Å². The first-order chi connectivity index (χ1) is 14.9. The third kappa shape index (κ3) is 5.76. The first kappa shape index (κ1) is 22.2. The minimum Gasteiger partial charge on any atom is -0.494 e. The van der Waals surface area contributed by atoms with E-state index in [0.717, 1.165) is 5.56 Å². The Morgan fingerprint density at radius 3 is 2.39 bits per heavy atom. The van der Waals surface area contributed by atoms with E-state index in [-0.39, 0.29) is 17.4 Å². The van der Waals surface area contributed by atoms with E-state index in [9.17, 15) is 13.6 Å². The number of carbonyl (C=O) groups excluding carboxylic acids is 1. The van der Waals surface area contributed by atoms with E-state index in [1.165, 1.54) is 37.4 Å². The third-order valence-corrected chi connectivity index (χ3v) is 4.76. The summed E-state index contributed by atoms with van der Waals surface area (Å²) < 4.78 is 32.3. The van der Waals surface area contributed by atoms with E-state index >= 15 is 0 Å². The molecule has 3 rings (SSSR count). The number of hydrogen-bond acceptors (Lipinski definition) is 3. The van der Waals surface area contributed by atoms with Crippen molar-refractivity contribution in [3.8, 4) is 5.75 Å². The van der Waals surface area contributed by atoms with Gasteiger partial charge in [-0.2, -0.15) is 0 Å². The fourth-order valence-corrected chi connectivity index (χ4v) is 3.19. The number of halogens is 2. The maximum Gasteiger partial charge on any atom is 0.258 e. The average Bonchev–Trinajstić information content (AvgIpc) is 2.75. The van der Waals surface area contributed by atoms with Crippen molar-refractivity contribution in [3.05, 3.63) is 89.5 Å². The highest BCUT2D eigenvalue weighted by molar-refractivity contribution is 7.80. The van der Waals surface area contributed by atoms with Gasteiger partial charge in [-0.1, -0.05) is 24.3 Å². The van der Waals surface area contributed by atoms with Crippen LogP contribution in [0.5, 0.6) is 5.75 Å². The quantitative estimate of drug-likeness (QED) is 0.455. The van der Waals surface area contributed by atoms with Crippen LogP contribution in [0.1, 0.15) is 28.9 Å². The molecule has 31 heavy (non-hydrogen) atoms. The Balaban J connectivity index is 1.66. The summed E-state index contributed by atoms with van der Waals surface area (Å²) in [5.41, 5.74) is 1.84. The van der Waals surface area contributed by atoms with Gasteiger partial charge >= 0.3 is 0 Å². The highest BCUT2D eigenvalue weighted by Crippen LogP contribution is 2.28. The topological polar surface area (TPSA) is 62.4 Å². The standard InChI is InChI=1S/C23H21F2N3O2S/c1-14(15-7-9-16(24)10-8-15)26-23(31)28-20-12-11-17(13-21(20)30-2)27-22(29)18-5-3-4-6-19(18)25/h3-14H,1-2H3,(H,27,29)(H2,26,28,31). The molecule has 3 aromatic carbocycles. The van der Waals surface area contributed by atoms with Gasteiger partial charge in [0.05, 0.1) is 24.4 Å². The van der Waals surface area contributed by atoms with Gasteiger partial charge in [0.1, 0.15) is 17.4 Å². The van der Waals surface area contributed by atoms with Crippen LogP contribution in [0.15, 0.2) is 66.7 Å². The molecule has 0 aliphatic heterocycles. The van der Waals surface area contributed by atoms with Crippen LogP contribution in [0, 0.1) is 11.6 Å². The molecule has 0 spiro atoms. The third-order valence-electron chi connectivity index (χ3n) is 4.54. The van der Waals surface area contributed by atoms with E-state index in [0.29, 0.717) is 22.2 Å². The summed E-state index contributed by atoms with van der Waals surface area (Å²) >= 11 is 5.36. The Labute approximate surface area is 184 Å². The number of carbonyl (C=O) groups is 1. The van der Waals surface area contributed by atoms with Gasteiger partial charge in [-0.3, -0.25) is 4.79 Å². The van der Waals surface area contributed by atoms with Crippen molar-refractivity contribution in [1.29, 1.82) is 0 Å². The maximum absolute atomic E-state index is 13.8. The zero-order chi connectivity index (χ0) is 22.4. The SMILES string of the molecule is COc1cc(NC(=O)c2ccccc2F)ccc1NC(=S)NC(C)c1ccc(F)cc1. The first-order valence-electron chi connectivity index (χ1n) is 9.44. The summed E-state index contributed by atoms with van der Waals surface area (Å²) in [4.78, 5) is 12.3. The van der Waals surface area contributed by atoms with Gasteiger partial charge < -0.3 is 20.7 Å². The lowest BCUT2D eigenvalue weighted by molar-refractivity contribution is 0.102. The number of ether oxygens (including phenoxy) is 1. The van der Waals surface area contributed by atoms with Crippen LogP contribution in [0.4, 0.5) is 20.2 Å². The number of benzene rings is 3. The molecule has 3 aromatic rings. The predicted octanol–water partition coefficient (Wildman–Crippen LogP) is 5.27. The van der Waals surface area contributed by atoms with Crippen molar-refractivity contribution in [2.45, 2.75) is 13.0 Å². The number of methoxy groups -OCH3 is 1. The van der Waals surface area contributed by atoms with Crippen molar-refractivity contribution in [2.24, 2.45) is 0 Å². The molecule has 0 aliphatic rings. The molecule has 8 heteroatoms. The number of anilines is 2. The number of rotatable bonds is 6. The van der Waals surface area contributed by atoms with Crippen LogP contribution in [0.3, 0.4) is 0 Å². The Kier molecular flexibility index (Phi) is 7.15. The van der Waals surface area contributed by atoms with Crippen molar-refractivity contribution in [2.75, 3.05) is 17.7 Å². The molecule has 160 valence electrons. The summed E-state index contributed by atoms with van der Waals surface area (Å²) in [6.45, 7) is 1.90. The van der Waals surface area contributed by atoms with Crippen LogP contribution >= 0.6 is 12.2 Å². The molecule has 5 nitrogen and oxygen atoms in total. The molecular weight excluding hydrogens is 420 g/mol. The van der Waals surface area contributed by atoms with Gasteiger partial charge in [-0.05, 0) is 61.1 Å². The lowest BCUT2D eigenvalue weighted by atomic mass is 10.1. The summed E-state index contributed by atoms with van der Waals surface area (Å²) in [5.74, 6) is -1.03. The van der Waals surface area contributed by atoms with Gasteiger partial charge in [0.25, 0.3) is 5.91 Å². The Morgan fingerprint density at radius 2 is 1.71 bits per heavy atom. The number of nitrogens with one attached hydrogen (secondary N) is 3. The molecule has 1 amide bonds. The summed E-state index contributed by atoms with van der Waals surface area (Å²) in [6.07, 6.45) is 0. The van der Waals surface area contributed by atoms with Crippen molar-refractivity contribution < 1.29 is 18.3 Å². The molecule has 1 unspecified atom stereocenters. The summed E-state index contributed by atoms with van der Waals surface area (Å²) in [7, 11) is 1.49. The Morgan fingerprint density at radius 1 is 1.00 bits per heavy atom. The van der Waals surface area contributed by atoms with Gasteiger partial charge in [-0.25, -0.2) is 8.78 Å². The number of amides is 1. The first-order valence-corrected chi connectivity index (χ1v) is 9.85. The van der Waals surface area contributed by atoms with E-state index < -0.39 is 11.7 Å².